The van der Waals surface area contributed by atoms with Gasteiger partial charge in [0.05, 0.1) is 7.11 Å². The van der Waals surface area contributed by atoms with Gasteiger partial charge in [-0.1, -0.05) is 12.1 Å². The second-order valence-electron chi connectivity index (χ2n) is 3.47. The second-order valence-corrected chi connectivity index (χ2v) is 3.47. The topological polar surface area (TPSA) is 9.23 Å². The Labute approximate surface area is 86.4 Å². The molecule has 1 rings (SSSR count). The van der Waals surface area contributed by atoms with Gasteiger partial charge in [0.15, 0.2) is 0 Å². The highest BCUT2D eigenvalue weighted by molar-refractivity contribution is 5.34. The van der Waals surface area contributed by atoms with Crippen molar-refractivity contribution in [1.82, 2.24) is 0 Å². The number of methoxy groups -OCH3 is 1. The fraction of sp³-hybridized carbons (Fsp3) is 0.385. The summed E-state index contributed by atoms with van der Waals surface area (Å²) in [5.41, 5.74) is 2.72. The van der Waals surface area contributed by atoms with Crippen LogP contribution in [0, 0.1) is 6.92 Å². The van der Waals surface area contributed by atoms with E-state index in [1.165, 1.54) is 11.1 Å². The molecule has 0 aromatic heterocycles. The van der Waals surface area contributed by atoms with Crippen LogP contribution in [0.15, 0.2) is 30.9 Å². The number of aryl methyl sites for hydroxylation is 2. The van der Waals surface area contributed by atoms with Crippen molar-refractivity contribution in [3.8, 4) is 5.75 Å². The van der Waals surface area contributed by atoms with E-state index in [0.717, 1.165) is 25.0 Å². The molecule has 0 aliphatic carbocycles. The Hall–Kier alpha value is -1.24. The van der Waals surface area contributed by atoms with Gasteiger partial charge in [0.1, 0.15) is 5.75 Å². The lowest BCUT2D eigenvalue weighted by molar-refractivity contribution is 0.414. The van der Waals surface area contributed by atoms with E-state index in [2.05, 4.69) is 25.6 Å². The first-order valence-electron chi connectivity index (χ1n) is 5.02. The third-order valence-electron chi connectivity index (χ3n) is 2.41. The number of unbranched alkanes of at least 4 members (excludes halogenated alkanes) is 1. The Bertz CT molecular complexity index is 302. The van der Waals surface area contributed by atoms with Gasteiger partial charge < -0.3 is 4.74 Å². The molecule has 0 saturated carbocycles. The van der Waals surface area contributed by atoms with Crippen molar-refractivity contribution in [2.24, 2.45) is 0 Å². The molecule has 76 valence electrons. The van der Waals surface area contributed by atoms with Crippen LogP contribution in [0.1, 0.15) is 24.0 Å². The lowest BCUT2D eigenvalue weighted by Crippen LogP contribution is -1.91. The van der Waals surface area contributed by atoms with Gasteiger partial charge in [-0.2, -0.15) is 0 Å². The molecule has 0 aliphatic rings. The summed E-state index contributed by atoms with van der Waals surface area (Å²) in [6.07, 6.45) is 5.32. The standard InChI is InChI=1S/C13H18O/c1-4-5-6-7-12-10-13(14-3)9-8-11(12)2/h4,8-10H,1,5-7H2,2-3H3. The molecule has 1 heteroatoms. The van der Waals surface area contributed by atoms with Crippen molar-refractivity contribution in [2.75, 3.05) is 7.11 Å². The molecule has 0 fully saturated rings. The van der Waals surface area contributed by atoms with E-state index in [0.29, 0.717) is 0 Å². The minimum Gasteiger partial charge on any atom is -0.497 e. The normalized spacial score (nSPS) is 9.86. The molecule has 0 heterocycles. The first-order chi connectivity index (χ1) is 6.77. The molecule has 0 atom stereocenters. The van der Waals surface area contributed by atoms with Gasteiger partial charge in [-0.05, 0) is 49.4 Å². The first-order valence-corrected chi connectivity index (χ1v) is 5.02. The summed E-state index contributed by atoms with van der Waals surface area (Å²) in [5, 5.41) is 0. The van der Waals surface area contributed by atoms with E-state index in [1.54, 1.807) is 7.11 Å². The summed E-state index contributed by atoms with van der Waals surface area (Å²) < 4.78 is 5.20. The summed E-state index contributed by atoms with van der Waals surface area (Å²) in [4.78, 5) is 0. The zero-order chi connectivity index (χ0) is 10.4. The van der Waals surface area contributed by atoms with Gasteiger partial charge in [0, 0.05) is 0 Å². The number of rotatable bonds is 5. The highest BCUT2D eigenvalue weighted by Crippen LogP contribution is 2.18. The molecule has 0 aliphatic heterocycles. The molecule has 0 saturated heterocycles. The Kier molecular flexibility index (Phi) is 4.24. The zero-order valence-corrected chi connectivity index (χ0v) is 9.05. The molecule has 0 amide bonds. The van der Waals surface area contributed by atoms with Crippen molar-refractivity contribution >= 4 is 0 Å². The predicted molar refractivity (Wildman–Crippen MR) is 60.9 cm³/mol. The highest BCUT2D eigenvalue weighted by Gasteiger charge is 1.99. The first kappa shape index (κ1) is 10.8. The molecular formula is C13H18O. The van der Waals surface area contributed by atoms with E-state index < -0.39 is 0 Å². The molecule has 0 spiro atoms. The fourth-order valence-electron chi connectivity index (χ4n) is 1.48. The van der Waals surface area contributed by atoms with Crippen molar-refractivity contribution in [3.63, 3.8) is 0 Å². The van der Waals surface area contributed by atoms with Crippen LogP contribution in [-0.2, 0) is 6.42 Å². The van der Waals surface area contributed by atoms with E-state index in [1.807, 2.05) is 12.1 Å². The van der Waals surface area contributed by atoms with Gasteiger partial charge in [0.25, 0.3) is 0 Å². The third-order valence-corrected chi connectivity index (χ3v) is 2.41. The molecule has 1 aromatic carbocycles. The van der Waals surface area contributed by atoms with Gasteiger partial charge in [-0.15, -0.1) is 6.58 Å². The van der Waals surface area contributed by atoms with E-state index in [9.17, 15) is 0 Å². The maximum absolute atomic E-state index is 5.20. The smallest absolute Gasteiger partial charge is 0.119 e. The Morgan fingerprint density at radius 2 is 2.21 bits per heavy atom. The summed E-state index contributed by atoms with van der Waals surface area (Å²) >= 11 is 0. The molecular weight excluding hydrogens is 172 g/mol. The van der Waals surface area contributed by atoms with Gasteiger partial charge in [0.2, 0.25) is 0 Å². The van der Waals surface area contributed by atoms with Crippen LogP contribution in [0.2, 0.25) is 0 Å². The quantitative estimate of drug-likeness (QED) is 0.510. The third kappa shape index (κ3) is 2.91. The monoisotopic (exact) mass is 190 g/mol. The van der Waals surface area contributed by atoms with Crippen LogP contribution < -0.4 is 4.74 Å². The van der Waals surface area contributed by atoms with Crippen LogP contribution in [0.4, 0.5) is 0 Å². The van der Waals surface area contributed by atoms with Crippen LogP contribution in [0.25, 0.3) is 0 Å². The molecule has 1 aromatic rings. The number of allylic oxidation sites excluding steroid dienone is 1. The average molecular weight is 190 g/mol. The SMILES string of the molecule is C=CCCCc1cc(OC)ccc1C. The highest BCUT2D eigenvalue weighted by atomic mass is 16.5. The van der Waals surface area contributed by atoms with Crippen LogP contribution >= 0.6 is 0 Å². The molecule has 0 bridgehead atoms. The Balaban J connectivity index is 2.68. The van der Waals surface area contributed by atoms with E-state index >= 15 is 0 Å². The minimum atomic E-state index is 0.948. The van der Waals surface area contributed by atoms with Gasteiger partial charge >= 0.3 is 0 Å². The van der Waals surface area contributed by atoms with Crippen LogP contribution in [-0.4, -0.2) is 7.11 Å². The van der Waals surface area contributed by atoms with Crippen molar-refractivity contribution in [3.05, 3.63) is 42.0 Å². The zero-order valence-electron chi connectivity index (χ0n) is 9.05. The largest absolute Gasteiger partial charge is 0.497 e. The Morgan fingerprint density at radius 1 is 1.43 bits per heavy atom. The van der Waals surface area contributed by atoms with Crippen molar-refractivity contribution in [1.29, 1.82) is 0 Å². The lowest BCUT2D eigenvalue weighted by Gasteiger charge is -2.07. The molecule has 0 N–H and O–H groups in total. The maximum atomic E-state index is 5.20. The number of hydrogen-bond acceptors (Lipinski definition) is 1. The number of ether oxygens (including phenoxy) is 1. The molecule has 0 radical (unpaired) electrons. The summed E-state index contributed by atoms with van der Waals surface area (Å²) in [6, 6.07) is 6.24. The van der Waals surface area contributed by atoms with Crippen LogP contribution in [0.3, 0.4) is 0 Å². The molecule has 14 heavy (non-hydrogen) atoms. The van der Waals surface area contributed by atoms with Crippen molar-refractivity contribution in [2.45, 2.75) is 26.2 Å². The Morgan fingerprint density at radius 3 is 2.86 bits per heavy atom. The lowest BCUT2D eigenvalue weighted by atomic mass is 10.0. The van der Waals surface area contributed by atoms with E-state index in [4.69, 9.17) is 4.74 Å². The minimum absolute atomic E-state index is 0.948. The van der Waals surface area contributed by atoms with Crippen LogP contribution in [0.5, 0.6) is 5.75 Å². The average Bonchev–Trinajstić information content (AvgIpc) is 2.21. The molecule has 1 nitrogen and oxygen atoms in total. The second kappa shape index (κ2) is 5.48. The number of hydrogen-bond donors (Lipinski definition) is 0. The fourth-order valence-corrected chi connectivity index (χ4v) is 1.48. The van der Waals surface area contributed by atoms with Gasteiger partial charge in [-0.3, -0.25) is 0 Å². The molecule has 0 unspecified atom stereocenters. The van der Waals surface area contributed by atoms with Crippen molar-refractivity contribution < 1.29 is 4.74 Å². The van der Waals surface area contributed by atoms with Gasteiger partial charge in [-0.25, -0.2) is 0 Å². The summed E-state index contributed by atoms with van der Waals surface area (Å²) in [7, 11) is 1.71. The summed E-state index contributed by atoms with van der Waals surface area (Å²) in [5.74, 6) is 0.948. The predicted octanol–water partition coefficient (Wildman–Crippen LogP) is 3.51. The maximum Gasteiger partial charge on any atom is 0.119 e. The summed E-state index contributed by atoms with van der Waals surface area (Å²) in [6.45, 7) is 5.86. The number of benzene rings is 1. The van der Waals surface area contributed by atoms with E-state index in [-0.39, 0.29) is 0 Å².